The Morgan fingerprint density at radius 2 is 1.96 bits per heavy atom. The lowest BCUT2D eigenvalue weighted by molar-refractivity contribution is -0.358. The van der Waals surface area contributed by atoms with E-state index in [0.717, 1.165) is 0 Å². The Morgan fingerprint density at radius 1 is 1.30 bits per heavy atom. The van der Waals surface area contributed by atoms with Gasteiger partial charge in [-0.1, -0.05) is 0 Å². The second-order valence-corrected chi connectivity index (χ2v) is 5.16. The molecule has 23 heavy (non-hydrogen) atoms. The van der Waals surface area contributed by atoms with Crippen molar-refractivity contribution < 1.29 is 44.9 Å². The average Bonchev–Trinajstić information content (AvgIpc) is 2.55. The first-order valence-corrected chi connectivity index (χ1v) is 6.72. The molecule has 0 spiro atoms. The molecule has 2 rings (SSSR count). The summed E-state index contributed by atoms with van der Waals surface area (Å²) in [5.74, 6) is -3.55. The van der Waals surface area contributed by atoms with Crippen LogP contribution in [0.25, 0.3) is 0 Å². The van der Waals surface area contributed by atoms with Crippen molar-refractivity contribution in [2.24, 2.45) is 0 Å². The molecule has 1 aromatic rings. The molecule has 9 nitrogen and oxygen atoms in total. The molecule has 0 saturated carbocycles. The molecule has 1 unspecified atom stereocenters. The summed E-state index contributed by atoms with van der Waals surface area (Å²) in [5, 5.41) is 59.8. The number of ether oxygens (including phenoxy) is 2. The number of phenolic OH excluding ortho intramolecular Hbond substituents is 1. The third-order valence-electron chi connectivity index (χ3n) is 3.84. The molecular weight excluding hydrogens is 312 g/mol. The maximum Gasteiger partial charge on any atom is 0.227 e. The zero-order chi connectivity index (χ0) is 17.4. The van der Waals surface area contributed by atoms with Crippen molar-refractivity contribution in [3.63, 3.8) is 0 Å². The molecule has 0 bridgehead atoms. The summed E-state index contributed by atoms with van der Waals surface area (Å²) in [6.45, 7) is -0.783. The summed E-state index contributed by atoms with van der Waals surface area (Å²) in [7, 11) is 1.23. The predicted molar refractivity (Wildman–Crippen MR) is 73.9 cm³/mol. The monoisotopic (exact) mass is 330 g/mol. The van der Waals surface area contributed by atoms with E-state index >= 15 is 0 Å². The minimum absolute atomic E-state index is 0.115. The van der Waals surface area contributed by atoms with E-state index in [9.17, 15) is 35.4 Å². The summed E-state index contributed by atoms with van der Waals surface area (Å²) < 4.78 is 9.98. The molecule has 1 heterocycles. The van der Waals surface area contributed by atoms with Gasteiger partial charge in [0.1, 0.15) is 24.4 Å². The van der Waals surface area contributed by atoms with Crippen LogP contribution in [0.3, 0.4) is 0 Å². The number of hydrogen-bond acceptors (Lipinski definition) is 9. The number of phenols is 1. The van der Waals surface area contributed by atoms with Crippen LogP contribution in [0.5, 0.6) is 11.5 Å². The highest BCUT2D eigenvalue weighted by molar-refractivity contribution is 5.80. The molecule has 1 saturated heterocycles. The minimum Gasteiger partial charge on any atom is -0.504 e. The zero-order valence-electron chi connectivity index (χ0n) is 12.2. The van der Waals surface area contributed by atoms with Crippen molar-refractivity contribution in [2.45, 2.75) is 30.2 Å². The molecule has 1 aromatic carbocycles. The Bertz CT molecular complexity index is 588. The highest BCUT2D eigenvalue weighted by atomic mass is 16.7. The van der Waals surface area contributed by atoms with Gasteiger partial charge in [-0.25, -0.2) is 0 Å². The normalized spacial score (nSPS) is 34.2. The van der Waals surface area contributed by atoms with Gasteiger partial charge < -0.3 is 40.1 Å². The van der Waals surface area contributed by atoms with Crippen LogP contribution in [-0.2, 0) is 10.5 Å². The van der Waals surface area contributed by atoms with Crippen LogP contribution in [0.4, 0.5) is 0 Å². The largest absolute Gasteiger partial charge is 0.504 e. The van der Waals surface area contributed by atoms with Gasteiger partial charge in [0.15, 0.2) is 17.8 Å². The Labute approximate surface area is 130 Å². The van der Waals surface area contributed by atoms with Crippen molar-refractivity contribution in [3.8, 4) is 11.5 Å². The van der Waals surface area contributed by atoms with Gasteiger partial charge in [0, 0.05) is 5.56 Å². The van der Waals surface area contributed by atoms with E-state index in [-0.39, 0.29) is 11.3 Å². The van der Waals surface area contributed by atoms with Crippen molar-refractivity contribution >= 4 is 6.29 Å². The SMILES string of the molecule is COc1ccc(C=O)c(C2(O)O[C@H](CO)[C@@H](O)[C@H](O)[C@H]2O)c1O. The van der Waals surface area contributed by atoms with Crippen LogP contribution < -0.4 is 4.74 Å². The van der Waals surface area contributed by atoms with E-state index in [0.29, 0.717) is 6.29 Å². The first-order chi connectivity index (χ1) is 10.8. The molecule has 1 fully saturated rings. The molecule has 0 amide bonds. The number of benzene rings is 1. The summed E-state index contributed by atoms with van der Waals surface area (Å²) in [5.41, 5.74) is -0.770. The number of aromatic hydroxyl groups is 1. The van der Waals surface area contributed by atoms with E-state index < -0.39 is 48.1 Å². The summed E-state index contributed by atoms with van der Waals surface area (Å²) in [6.07, 6.45) is -6.83. The summed E-state index contributed by atoms with van der Waals surface area (Å²) in [6, 6.07) is 2.47. The second-order valence-electron chi connectivity index (χ2n) is 5.16. The fraction of sp³-hybridized carbons (Fsp3) is 0.500. The van der Waals surface area contributed by atoms with Crippen LogP contribution in [0, 0.1) is 0 Å². The summed E-state index contributed by atoms with van der Waals surface area (Å²) in [4.78, 5) is 11.2. The van der Waals surface area contributed by atoms with Gasteiger partial charge >= 0.3 is 0 Å². The van der Waals surface area contributed by atoms with Gasteiger partial charge in [-0.3, -0.25) is 4.79 Å². The van der Waals surface area contributed by atoms with Gasteiger partial charge in [0.05, 0.1) is 19.3 Å². The Kier molecular flexibility index (Phi) is 4.90. The van der Waals surface area contributed by atoms with E-state index in [2.05, 4.69) is 0 Å². The van der Waals surface area contributed by atoms with Crippen LogP contribution >= 0.6 is 0 Å². The molecule has 9 heteroatoms. The zero-order valence-corrected chi connectivity index (χ0v) is 12.2. The number of hydrogen-bond donors (Lipinski definition) is 6. The Morgan fingerprint density at radius 3 is 2.48 bits per heavy atom. The van der Waals surface area contributed by atoms with Crippen LogP contribution in [0.15, 0.2) is 12.1 Å². The predicted octanol–water partition coefficient (Wildman–Crippen LogP) is -2.17. The lowest BCUT2D eigenvalue weighted by atomic mass is 9.85. The Balaban J connectivity index is 2.64. The fourth-order valence-corrected chi connectivity index (χ4v) is 2.59. The van der Waals surface area contributed by atoms with E-state index in [4.69, 9.17) is 9.47 Å². The number of aliphatic hydroxyl groups is 5. The van der Waals surface area contributed by atoms with Crippen LogP contribution in [0.2, 0.25) is 0 Å². The number of aldehydes is 1. The first-order valence-electron chi connectivity index (χ1n) is 6.72. The first kappa shape index (κ1) is 17.6. The third kappa shape index (κ3) is 2.67. The highest BCUT2D eigenvalue weighted by Gasteiger charge is 2.55. The van der Waals surface area contributed by atoms with Crippen molar-refractivity contribution in [3.05, 3.63) is 23.3 Å². The lowest BCUT2D eigenvalue weighted by Crippen LogP contribution is -2.63. The smallest absolute Gasteiger partial charge is 0.227 e. The van der Waals surface area contributed by atoms with Gasteiger partial charge in [-0.15, -0.1) is 0 Å². The maximum atomic E-state index is 11.2. The fourth-order valence-electron chi connectivity index (χ4n) is 2.59. The van der Waals surface area contributed by atoms with Gasteiger partial charge in [0.25, 0.3) is 0 Å². The molecule has 1 aliphatic heterocycles. The van der Waals surface area contributed by atoms with Gasteiger partial charge in [-0.2, -0.15) is 0 Å². The van der Waals surface area contributed by atoms with E-state index in [1.54, 1.807) is 0 Å². The topological polar surface area (TPSA) is 157 Å². The molecule has 0 aliphatic carbocycles. The number of rotatable bonds is 4. The van der Waals surface area contributed by atoms with Crippen molar-refractivity contribution in [1.29, 1.82) is 0 Å². The Hall–Kier alpha value is -1.75. The van der Waals surface area contributed by atoms with E-state index in [1.807, 2.05) is 0 Å². The molecule has 5 atom stereocenters. The maximum absolute atomic E-state index is 11.2. The van der Waals surface area contributed by atoms with Crippen LogP contribution in [-0.4, -0.2) is 75.1 Å². The number of carbonyl (C=O) groups is 1. The van der Waals surface area contributed by atoms with E-state index in [1.165, 1.54) is 19.2 Å². The number of carbonyl (C=O) groups excluding carboxylic acids is 1. The molecule has 128 valence electrons. The van der Waals surface area contributed by atoms with Crippen molar-refractivity contribution in [2.75, 3.05) is 13.7 Å². The number of aliphatic hydroxyl groups excluding tert-OH is 4. The second kappa shape index (κ2) is 6.40. The molecule has 0 aromatic heterocycles. The number of methoxy groups -OCH3 is 1. The third-order valence-corrected chi connectivity index (χ3v) is 3.84. The minimum atomic E-state index is -2.75. The van der Waals surface area contributed by atoms with Crippen LogP contribution in [0.1, 0.15) is 15.9 Å². The molecule has 1 aliphatic rings. The van der Waals surface area contributed by atoms with Gasteiger partial charge in [0.2, 0.25) is 5.79 Å². The lowest BCUT2D eigenvalue weighted by Gasteiger charge is -2.45. The standard InChI is InChI=1S/C14H18O9/c1-22-7-3-2-6(4-15)9(10(7)17)14(21)13(20)12(19)11(18)8(5-16)23-14/h2-4,8,11-13,16-21H,5H2,1H3/t8-,11-,12+,13-,14?/m1/s1. The molecular formula is C14H18O9. The highest BCUT2D eigenvalue weighted by Crippen LogP contribution is 2.44. The average molecular weight is 330 g/mol. The summed E-state index contributed by atoms with van der Waals surface area (Å²) >= 11 is 0. The molecule has 0 radical (unpaired) electrons. The van der Waals surface area contributed by atoms with Gasteiger partial charge in [-0.05, 0) is 12.1 Å². The quantitative estimate of drug-likeness (QED) is 0.338. The molecule has 6 N–H and O–H groups in total. The van der Waals surface area contributed by atoms with Crippen molar-refractivity contribution in [1.82, 2.24) is 0 Å².